The van der Waals surface area contributed by atoms with Gasteiger partial charge in [-0.3, -0.25) is 4.79 Å². The summed E-state index contributed by atoms with van der Waals surface area (Å²) in [5.74, 6) is 1.27. The number of anilines is 1. The number of aryl methyl sites for hydroxylation is 2. The number of halogens is 1. The molecule has 22 heavy (non-hydrogen) atoms. The van der Waals surface area contributed by atoms with Crippen molar-refractivity contribution in [3.05, 3.63) is 10.6 Å². The molecule has 1 unspecified atom stereocenters. The van der Waals surface area contributed by atoms with E-state index in [4.69, 9.17) is 0 Å². The summed E-state index contributed by atoms with van der Waals surface area (Å²) in [6.45, 7) is 4.40. The molecule has 2 aliphatic rings. The molecule has 124 valence electrons. The Morgan fingerprint density at radius 3 is 2.82 bits per heavy atom. The highest BCUT2D eigenvalue weighted by atomic mass is 35.5. The van der Waals surface area contributed by atoms with Crippen molar-refractivity contribution in [3.63, 3.8) is 0 Å². The highest BCUT2D eigenvalue weighted by Crippen LogP contribution is 2.30. The topological polar surface area (TPSA) is 54.0 Å². The fourth-order valence-corrected chi connectivity index (χ4v) is 4.51. The van der Waals surface area contributed by atoms with Crippen molar-refractivity contribution in [1.82, 2.24) is 10.3 Å². The number of nitrogens with zero attached hydrogens (tertiary/aromatic N) is 1. The zero-order chi connectivity index (χ0) is 14.7. The minimum absolute atomic E-state index is 0. The Kier molecular flexibility index (Phi) is 6.66. The third-order valence-corrected chi connectivity index (χ3v) is 5.86. The van der Waals surface area contributed by atoms with Gasteiger partial charge in [-0.1, -0.05) is 6.92 Å². The number of fused-ring (bicyclic) bond motifs is 1. The van der Waals surface area contributed by atoms with E-state index in [9.17, 15) is 4.79 Å². The maximum atomic E-state index is 12.2. The molecule has 4 nitrogen and oxygen atoms in total. The van der Waals surface area contributed by atoms with Gasteiger partial charge >= 0.3 is 0 Å². The Morgan fingerprint density at radius 1 is 1.36 bits per heavy atom. The van der Waals surface area contributed by atoms with Crippen molar-refractivity contribution >= 4 is 34.8 Å². The third kappa shape index (κ3) is 4.43. The number of thiazole rings is 1. The second-order valence-corrected chi connectivity index (χ2v) is 7.50. The Morgan fingerprint density at radius 2 is 2.09 bits per heavy atom. The monoisotopic (exact) mass is 343 g/mol. The van der Waals surface area contributed by atoms with Gasteiger partial charge in [-0.2, -0.15) is 0 Å². The quantitative estimate of drug-likeness (QED) is 0.880. The zero-order valence-electron chi connectivity index (χ0n) is 13.2. The number of piperidine rings is 1. The Bertz CT molecular complexity index is 476. The van der Waals surface area contributed by atoms with Gasteiger partial charge in [0.25, 0.3) is 0 Å². The standard InChI is InChI=1S/C16H25N3OS.ClH/c1-11(12-6-8-17-9-7-12)10-15(20)19-16-18-13-4-2-3-5-14(13)21-16;/h11-12,17H,2-10H2,1H3,(H,18,19,20);1H. The molecule has 0 saturated carbocycles. The van der Waals surface area contributed by atoms with Gasteiger partial charge in [0.1, 0.15) is 0 Å². The van der Waals surface area contributed by atoms with Gasteiger partial charge in [-0.25, -0.2) is 4.98 Å². The second kappa shape index (κ2) is 8.27. The fourth-order valence-electron chi connectivity index (χ4n) is 3.45. The van der Waals surface area contributed by atoms with E-state index < -0.39 is 0 Å². The lowest BCUT2D eigenvalue weighted by Crippen LogP contribution is -2.32. The van der Waals surface area contributed by atoms with Gasteiger partial charge in [0.2, 0.25) is 5.91 Å². The van der Waals surface area contributed by atoms with Crippen LogP contribution >= 0.6 is 23.7 Å². The number of hydrogen-bond donors (Lipinski definition) is 2. The van der Waals surface area contributed by atoms with Crippen LogP contribution in [0.25, 0.3) is 0 Å². The molecule has 1 saturated heterocycles. The molecule has 0 bridgehead atoms. The molecule has 2 heterocycles. The molecular formula is C16H26ClN3OS. The van der Waals surface area contributed by atoms with Crippen LogP contribution in [0.2, 0.25) is 0 Å². The molecule has 6 heteroatoms. The van der Waals surface area contributed by atoms with Crippen molar-refractivity contribution in [2.45, 2.75) is 51.9 Å². The molecule has 1 aliphatic carbocycles. The second-order valence-electron chi connectivity index (χ2n) is 6.41. The highest BCUT2D eigenvalue weighted by Gasteiger charge is 2.23. The Balaban J connectivity index is 0.00000176. The average Bonchev–Trinajstić information content (AvgIpc) is 2.90. The van der Waals surface area contributed by atoms with Crippen LogP contribution in [-0.2, 0) is 17.6 Å². The largest absolute Gasteiger partial charge is 0.317 e. The van der Waals surface area contributed by atoms with Gasteiger partial charge in [-0.15, -0.1) is 23.7 Å². The molecule has 0 spiro atoms. The number of aromatic nitrogens is 1. The predicted octanol–water partition coefficient (Wildman–Crippen LogP) is 3.41. The lowest BCUT2D eigenvalue weighted by molar-refractivity contribution is -0.117. The molecular weight excluding hydrogens is 318 g/mol. The Labute approximate surface area is 142 Å². The van der Waals surface area contributed by atoms with Crippen molar-refractivity contribution < 1.29 is 4.79 Å². The normalized spacial score (nSPS) is 19.9. The van der Waals surface area contributed by atoms with Crippen LogP contribution in [0.15, 0.2) is 0 Å². The maximum Gasteiger partial charge on any atom is 0.226 e. The zero-order valence-corrected chi connectivity index (χ0v) is 14.8. The van der Waals surface area contributed by atoms with E-state index >= 15 is 0 Å². The fraction of sp³-hybridized carbons (Fsp3) is 0.750. The van der Waals surface area contributed by atoms with Crippen LogP contribution in [0, 0.1) is 11.8 Å². The van der Waals surface area contributed by atoms with Crippen LogP contribution in [0.1, 0.15) is 49.6 Å². The minimum Gasteiger partial charge on any atom is -0.317 e. The van der Waals surface area contributed by atoms with Gasteiger partial charge in [0.15, 0.2) is 5.13 Å². The first kappa shape index (κ1) is 17.7. The van der Waals surface area contributed by atoms with Gasteiger partial charge in [-0.05, 0) is 63.5 Å². The van der Waals surface area contributed by atoms with E-state index in [1.807, 2.05) is 0 Å². The molecule has 1 atom stereocenters. The SMILES string of the molecule is CC(CC(=O)Nc1nc2c(s1)CCCC2)C1CCNCC1.Cl. The van der Waals surface area contributed by atoms with E-state index in [0.29, 0.717) is 18.3 Å². The summed E-state index contributed by atoms with van der Waals surface area (Å²) in [5, 5.41) is 7.21. The van der Waals surface area contributed by atoms with Crippen molar-refractivity contribution in [2.75, 3.05) is 18.4 Å². The Hall–Kier alpha value is -0.650. The van der Waals surface area contributed by atoms with Crippen LogP contribution in [0.5, 0.6) is 0 Å². The number of nitrogens with one attached hydrogen (secondary N) is 2. The summed E-state index contributed by atoms with van der Waals surface area (Å²) in [7, 11) is 0. The molecule has 3 rings (SSSR count). The van der Waals surface area contributed by atoms with Crippen molar-refractivity contribution in [3.8, 4) is 0 Å². The first-order valence-corrected chi connectivity index (χ1v) is 9.03. The molecule has 1 fully saturated rings. The molecule has 0 aromatic carbocycles. The molecule has 2 N–H and O–H groups in total. The van der Waals surface area contributed by atoms with Crippen LogP contribution in [0.3, 0.4) is 0 Å². The van der Waals surface area contributed by atoms with Gasteiger partial charge < -0.3 is 10.6 Å². The van der Waals surface area contributed by atoms with Crippen LogP contribution in [0.4, 0.5) is 5.13 Å². The van der Waals surface area contributed by atoms with E-state index in [2.05, 4.69) is 22.5 Å². The molecule has 0 radical (unpaired) electrons. The van der Waals surface area contributed by atoms with E-state index in [0.717, 1.165) is 31.1 Å². The summed E-state index contributed by atoms with van der Waals surface area (Å²) in [6.07, 6.45) is 7.71. The molecule has 1 aromatic heterocycles. The summed E-state index contributed by atoms with van der Waals surface area (Å²) in [4.78, 5) is 18.2. The molecule has 1 aliphatic heterocycles. The van der Waals surface area contributed by atoms with Crippen molar-refractivity contribution in [2.24, 2.45) is 11.8 Å². The number of amides is 1. The number of rotatable bonds is 4. The van der Waals surface area contributed by atoms with Gasteiger partial charge in [0.05, 0.1) is 5.69 Å². The lowest BCUT2D eigenvalue weighted by Gasteiger charge is -2.27. The van der Waals surface area contributed by atoms with Crippen molar-refractivity contribution in [1.29, 1.82) is 0 Å². The van der Waals surface area contributed by atoms with E-state index in [-0.39, 0.29) is 18.3 Å². The first-order valence-electron chi connectivity index (χ1n) is 8.21. The smallest absolute Gasteiger partial charge is 0.226 e. The average molecular weight is 344 g/mol. The maximum absolute atomic E-state index is 12.2. The molecule has 1 aromatic rings. The number of carbonyl (C=O) groups excluding carboxylic acids is 1. The van der Waals surface area contributed by atoms with Gasteiger partial charge in [0, 0.05) is 11.3 Å². The van der Waals surface area contributed by atoms with E-state index in [1.54, 1.807) is 11.3 Å². The van der Waals surface area contributed by atoms with Crippen LogP contribution < -0.4 is 10.6 Å². The molecule has 1 amide bonds. The summed E-state index contributed by atoms with van der Waals surface area (Å²) in [5.41, 5.74) is 1.22. The minimum atomic E-state index is 0. The summed E-state index contributed by atoms with van der Waals surface area (Å²) >= 11 is 1.67. The highest BCUT2D eigenvalue weighted by molar-refractivity contribution is 7.15. The lowest BCUT2D eigenvalue weighted by atomic mass is 9.84. The number of hydrogen-bond acceptors (Lipinski definition) is 4. The number of carbonyl (C=O) groups is 1. The third-order valence-electron chi connectivity index (χ3n) is 4.79. The van der Waals surface area contributed by atoms with E-state index in [1.165, 1.54) is 36.3 Å². The first-order chi connectivity index (χ1) is 10.2. The predicted molar refractivity (Wildman–Crippen MR) is 94.0 cm³/mol. The summed E-state index contributed by atoms with van der Waals surface area (Å²) in [6, 6.07) is 0. The van der Waals surface area contributed by atoms with Crippen LogP contribution in [-0.4, -0.2) is 24.0 Å². The summed E-state index contributed by atoms with van der Waals surface area (Å²) < 4.78 is 0.